The molecule has 0 aliphatic carbocycles. The summed E-state index contributed by atoms with van der Waals surface area (Å²) in [5.41, 5.74) is 0. The van der Waals surface area contributed by atoms with Crippen molar-refractivity contribution in [2.45, 2.75) is 20.3 Å². The number of hydrogen-bond acceptors (Lipinski definition) is 4. The molecule has 0 bridgehead atoms. The molecule has 6 nitrogen and oxygen atoms in total. The summed E-state index contributed by atoms with van der Waals surface area (Å²) in [5.74, 6) is 0. The molecule has 1 fully saturated rings. The molecule has 108 valence electrons. The maximum absolute atomic E-state index is 11.9. The van der Waals surface area contributed by atoms with E-state index in [-0.39, 0.29) is 0 Å². The molecule has 0 aromatic rings. The van der Waals surface area contributed by atoms with E-state index in [0.717, 1.165) is 39.1 Å². The van der Waals surface area contributed by atoms with Gasteiger partial charge in [-0.05, 0) is 26.1 Å². The zero-order valence-corrected chi connectivity index (χ0v) is 12.3. The van der Waals surface area contributed by atoms with E-state index in [4.69, 9.17) is 0 Å². The van der Waals surface area contributed by atoms with Crippen molar-refractivity contribution < 1.29 is 8.42 Å². The monoisotopic (exact) mass is 278 g/mol. The number of nitrogens with zero attached hydrogens (tertiary/aromatic N) is 2. The van der Waals surface area contributed by atoms with Gasteiger partial charge in [0.2, 0.25) is 0 Å². The van der Waals surface area contributed by atoms with E-state index < -0.39 is 10.2 Å². The van der Waals surface area contributed by atoms with Gasteiger partial charge in [0, 0.05) is 32.7 Å². The van der Waals surface area contributed by atoms with Crippen LogP contribution in [0, 0.1) is 0 Å². The summed E-state index contributed by atoms with van der Waals surface area (Å²) in [6.07, 6.45) is 0.854. The molecule has 0 unspecified atom stereocenters. The van der Waals surface area contributed by atoms with Crippen LogP contribution in [0.3, 0.4) is 0 Å². The van der Waals surface area contributed by atoms with Gasteiger partial charge >= 0.3 is 0 Å². The van der Waals surface area contributed by atoms with Gasteiger partial charge < -0.3 is 10.2 Å². The summed E-state index contributed by atoms with van der Waals surface area (Å²) in [6, 6.07) is 0. The molecule has 0 radical (unpaired) electrons. The molecule has 0 amide bonds. The van der Waals surface area contributed by atoms with Gasteiger partial charge in [-0.15, -0.1) is 0 Å². The van der Waals surface area contributed by atoms with Crippen molar-refractivity contribution >= 4 is 10.2 Å². The first-order chi connectivity index (χ1) is 8.60. The van der Waals surface area contributed by atoms with Crippen LogP contribution in [-0.2, 0) is 10.2 Å². The van der Waals surface area contributed by atoms with Crippen LogP contribution < -0.4 is 10.0 Å². The number of nitrogens with one attached hydrogen (secondary N) is 2. The van der Waals surface area contributed by atoms with Crippen LogP contribution >= 0.6 is 0 Å². The largest absolute Gasteiger partial charge is 0.314 e. The first kappa shape index (κ1) is 15.8. The average molecular weight is 278 g/mol. The lowest BCUT2D eigenvalue weighted by atomic mass is 10.4. The quantitative estimate of drug-likeness (QED) is 0.585. The molecule has 0 saturated carbocycles. The number of hydrogen-bond donors (Lipinski definition) is 2. The topological polar surface area (TPSA) is 64.7 Å². The average Bonchev–Trinajstić information content (AvgIpc) is 2.40. The van der Waals surface area contributed by atoms with E-state index in [1.165, 1.54) is 4.31 Å². The fourth-order valence-corrected chi connectivity index (χ4v) is 3.27. The number of piperazine rings is 1. The summed E-state index contributed by atoms with van der Waals surface area (Å²) >= 11 is 0. The molecule has 1 rings (SSSR count). The van der Waals surface area contributed by atoms with E-state index in [1.807, 2.05) is 0 Å². The lowest BCUT2D eigenvalue weighted by Gasteiger charge is -2.26. The van der Waals surface area contributed by atoms with Crippen molar-refractivity contribution in [1.29, 1.82) is 0 Å². The van der Waals surface area contributed by atoms with Gasteiger partial charge in [-0.25, -0.2) is 4.72 Å². The molecular formula is C11H26N4O2S. The van der Waals surface area contributed by atoms with E-state index in [2.05, 4.69) is 28.8 Å². The van der Waals surface area contributed by atoms with E-state index in [1.54, 1.807) is 0 Å². The van der Waals surface area contributed by atoms with Crippen molar-refractivity contribution in [3.05, 3.63) is 0 Å². The minimum atomic E-state index is -3.27. The summed E-state index contributed by atoms with van der Waals surface area (Å²) in [6.45, 7) is 10.3. The van der Waals surface area contributed by atoms with E-state index in [0.29, 0.717) is 19.6 Å². The Bertz CT molecular complexity index is 311. The van der Waals surface area contributed by atoms with Crippen LogP contribution in [0.5, 0.6) is 0 Å². The highest BCUT2D eigenvalue weighted by Crippen LogP contribution is 2.00. The predicted molar refractivity (Wildman–Crippen MR) is 73.8 cm³/mol. The molecule has 0 spiro atoms. The first-order valence-electron chi connectivity index (χ1n) is 6.78. The predicted octanol–water partition coefficient (Wildman–Crippen LogP) is -0.542. The Kier molecular flexibility index (Phi) is 7.10. The zero-order valence-electron chi connectivity index (χ0n) is 11.5. The summed E-state index contributed by atoms with van der Waals surface area (Å²) in [4.78, 5) is 2.29. The van der Waals surface area contributed by atoms with E-state index in [9.17, 15) is 8.42 Å². The lowest BCUT2D eigenvalue weighted by molar-refractivity contribution is 0.299. The smallest absolute Gasteiger partial charge is 0.279 e. The Morgan fingerprint density at radius 2 is 1.83 bits per heavy atom. The van der Waals surface area contributed by atoms with Gasteiger partial charge in [-0.2, -0.15) is 12.7 Å². The minimum Gasteiger partial charge on any atom is -0.314 e. The maximum Gasteiger partial charge on any atom is 0.279 e. The summed E-state index contributed by atoms with van der Waals surface area (Å²) < 4.78 is 28.1. The Balaban J connectivity index is 2.24. The molecule has 7 heteroatoms. The van der Waals surface area contributed by atoms with Crippen molar-refractivity contribution in [2.75, 3.05) is 52.4 Å². The molecule has 0 atom stereocenters. The van der Waals surface area contributed by atoms with Gasteiger partial charge in [0.15, 0.2) is 0 Å². The normalized spacial score (nSPS) is 18.4. The highest BCUT2D eigenvalue weighted by Gasteiger charge is 2.22. The second kappa shape index (κ2) is 8.06. The highest BCUT2D eigenvalue weighted by atomic mass is 32.2. The Labute approximate surface area is 111 Å². The molecular weight excluding hydrogens is 252 g/mol. The molecule has 1 aliphatic rings. The van der Waals surface area contributed by atoms with Crippen LogP contribution in [0.4, 0.5) is 0 Å². The first-order valence-corrected chi connectivity index (χ1v) is 8.22. The third kappa shape index (κ3) is 5.19. The maximum atomic E-state index is 11.9. The van der Waals surface area contributed by atoms with Crippen molar-refractivity contribution in [3.8, 4) is 0 Å². The molecule has 0 aromatic carbocycles. The van der Waals surface area contributed by atoms with Crippen LogP contribution in [0.1, 0.15) is 20.3 Å². The van der Waals surface area contributed by atoms with E-state index >= 15 is 0 Å². The molecule has 0 aromatic heterocycles. The van der Waals surface area contributed by atoms with Gasteiger partial charge in [0.1, 0.15) is 0 Å². The highest BCUT2D eigenvalue weighted by molar-refractivity contribution is 7.87. The van der Waals surface area contributed by atoms with Crippen molar-refractivity contribution in [2.24, 2.45) is 0 Å². The second-order valence-corrected chi connectivity index (χ2v) is 6.18. The second-order valence-electron chi connectivity index (χ2n) is 4.43. The standard InChI is InChI=1S/C11H26N4O2S/c1-3-14(4-2)9-5-6-13-18(16,17)15-10-7-12-8-11-15/h12-13H,3-11H2,1-2H3. The zero-order chi connectivity index (χ0) is 13.4. The lowest BCUT2D eigenvalue weighted by Crippen LogP contribution is -2.50. The molecule has 1 saturated heterocycles. The fourth-order valence-electron chi connectivity index (χ4n) is 2.02. The molecule has 1 aliphatic heterocycles. The molecule has 2 N–H and O–H groups in total. The Morgan fingerprint density at radius 1 is 1.22 bits per heavy atom. The van der Waals surface area contributed by atoms with Gasteiger partial charge in [0.25, 0.3) is 10.2 Å². The van der Waals surface area contributed by atoms with Crippen molar-refractivity contribution in [3.63, 3.8) is 0 Å². The van der Waals surface area contributed by atoms with Crippen LogP contribution in [0.25, 0.3) is 0 Å². The summed E-state index contributed by atoms with van der Waals surface area (Å²) in [7, 11) is -3.27. The SMILES string of the molecule is CCN(CC)CCCNS(=O)(=O)N1CCNCC1. The Hall–Kier alpha value is -0.210. The van der Waals surface area contributed by atoms with Crippen LogP contribution in [0.15, 0.2) is 0 Å². The van der Waals surface area contributed by atoms with Crippen LogP contribution in [0.2, 0.25) is 0 Å². The minimum absolute atomic E-state index is 0.517. The third-order valence-corrected chi connectivity index (χ3v) is 4.86. The van der Waals surface area contributed by atoms with Crippen LogP contribution in [-0.4, -0.2) is 70.0 Å². The number of rotatable bonds is 8. The van der Waals surface area contributed by atoms with Gasteiger partial charge in [0.05, 0.1) is 0 Å². The molecule has 1 heterocycles. The molecule has 18 heavy (non-hydrogen) atoms. The Morgan fingerprint density at radius 3 is 2.39 bits per heavy atom. The third-order valence-electron chi connectivity index (χ3n) is 3.25. The van der Waals surface area contributed by atoms with Crippen molar-refractivity contribution in [1.82, 2.24) is 19.2 Å². The summed E-state index contributed by atoms with van der Waals surface area (Å²) in [5, 5.41) is 3.14. The van der Waals surface area contributed by atoms with Gasteiger partial charge in [-0.1, -0.05) is 13.8 Å². The van der Waals surface area contributed by atoms with Gasteiger partial charge in [-0.3, -0.25) is 0 Å². The fraction of sp³-hybridized carbons (Fsp3) is 1.00.